The Hall–Kier alpha value is -2.39. The highest BCUT2D eigenvalue weighted by atomic mass is 16.8. The summed E-state index contributed by atoms with van der Waals surface area (Å²) >= 11 is 0. The van der Waals surface area contributed by atoms with Crippen LogP contribution < -0.4 is 10.6 Å². The van der Waals surface area contributed by atoms with Gasteiger partial charge in [-0.1, -0.05) is 200 Å². The molecule has 3 heterocycles. The summed E-state index contributed by atoms with van der Waals surface area (Å²) in [7, 11) is 1.07. The first-order valence-electron chi connectivity index (χ1n) is 33.6. The number of carboxylic acids is 1. The minimum absolute atomic E-state index is 0.131. The maximum absolute atomic E-state index is 13.5. The van der Waals surface area contributed by atoms with Crippen LogP contribution in [0.5, 0.6) is 0 Å². The molecule has 89 heavy (non-hydrogen) atoms. The molecule has 0 saturated carbocycles. The Kier molecular flexibility index (Phi) is 41.7. The number of amides is 2. The first-order valence-corrected chi connectivity index (χ1v) is 33.6. The largest absolute Gasteiger partial charge is 0.477 e. The van der Waals surface area contributed by atoms with E-state index in [0.717, 1.165) is 64.9 Å². The summed E-state index contributed by atoms with van der Waals surface area (Å²) in [4.78, 5) is 38.9. The number of unbranched alkanes of at least 4 members (excludes halogenated alkanes) is 27. The van der Waals surface area contributed by atoms with Crippen LogP contribution in [0.25, 0.3) is 0 Å². The van der Waals surface area contributed by atoms with Crippen LogP contribution in [-0.2, 0) is 47.5 Å². The summed E-state index contributed by atoms with van der Waals surface area (Å²) in [5.41, 5.74) is 0. The molecule has 3 aliphatic heterocycles. The third-order valence-electron chi connectivity index (χ3n) is 17.6. The number of carbonyl (C=O) groups excluding carboxylic acids is 2. The zero-order chi connectivity index (χ0) is 65.7. The zero-order valence-corrected chi connectivity index (χ0v) is 53.5. The highest BCUT2D eigenvalue weighted by Crippen LogP contribution is 2.39. The molecule has 0 aromatic rings. The maximum Gasteiger partial charge on any atom is 0.364 e. The van der Waals surface area contributed by atoms with E-state index in [2.05, 4.69) is 24.5 Å². The van der Waals surface area contributed by atoms with E-state index in [1.807, 2.05) is 0 Å². The second-order valence-electron chi connectivity index (χ2n) is 24.9. The van der Waals surface area contributed by atoms with Gasteiger partial charge >= 0.3 is 5.97 Å². The Morgan fingerprint density at radius 1 is 0.584 bits per heavy atom. The summed E-state index contributed by atoms with van der Waals surface area (Å²) in [5, 5.41) is 158. The molecule has 0 spiro atoms. The van der Waals surface area contributed by atoms with Gasteiger partial charge in [0.2, 0.25) is 11.8 Å². The minimum atomic E-state index is -3.12. The summed E-state index contributed by atoms with van der Waals surface area (Å²) in [6.07, 6.45) is 0.244. The fraction of sp³-hybridized carbons (Fsp3) is 0.952. The number of rotatable bonds is 51. The number of hydrogen-bond donors (Lipinski definition) is 16. The van der Waals surface area contributed by atoms with E-state index in [0.29, 0.717) is 12.8 Å². The van der Waals surface area contributed by atoms with Crippen molar-refractivity contribution in [2.75, 3.05) is 40.1 Å². The zero-order valence-electron chi connectivity index (χ0n) is 53.5. The number of ether oxygens (including phenoxy) is 7. The van der Waals surface area contributed by atoms with Crippen molar-refractivity contribution in [1.82, 2.24) is 10.6 Å². The van der Waals surface area contributed by atoms with Crippen LogP contribution in [0.3, 0.4) is 0 Å². The van der Waals surface area contributed by atoms with Gasteiger partial charge in [-0.05, 0) is 12.8 Å². The third-order valence-corrected chi connectivity index (χ3v) is 17.6. The molecule has 0 radical (unpaired) electrons. The molecular formula is C63H118N2O24. The van der Waals surface area contributed by atoms with Gasteiger partial charge < -0.3 is 115 Å². The van der Waals surface area contributed by atoms with Crippen molar-refractivity contribution in [3.63, 3.8) is 0 Å². The van der Waals surface area contributed by atoms with Gasteiger partial charge in [-0.3, -0.25) is 9.59 Å². The SMILES string of the molecule is CCCCCCCCCCCCCCCCCCCC[C@@H](O)C(=O)N[C@@H](CO[C@@H]1O[C@H](CO)[C@@H](O[C@@H]2O[C@H](CO)[C@H](O)[C@H](O[C@]3(C(=O)O)C[C@H](O)[C@@H](NC(=O)CO)[C@H]([C@H](O)[C@@H](CO)OC)O3)[C@H]2O)[C@H](O)[C@H]1O)[C@H](O)[C@H](O)CCCCCCCCCCCCC. The van der Waals surface area contributed by atoms with Crippen molar-refractivity contribution in [1.29, 1.82) is 0 Å². The molecule has 3 saturated heterocycles. The fourth-order valence-electron chi connectivity index (χ4n) is 12.0. The quantitative estimate of drug-likeness (QED) is 0.0388. The fourth-order valence-corrected chi connectivity index (χ4v) is 12.0. The maximum atomic E-state index is 13.5. The van der Waals surface area contributed by atoms with Gasteiger partial charge in [0.15, 0.2) is 12.6 Å². The van der Waals surface area contributed by atoms with Gasteiger partial charge in [0, 0.05) is 13.5 Å². The number of aliphatic carboxylic acids is 1. The van der Waals surface area contributed by atoms with Gasteiger partial charge in [0.25, 0.3) is 5.79 Å². The van der Waals surface area contributed by atoms with E-state index in [1.54, 1.807) is 0 Å². The minimum Gasteiger partial charge on any atom is -0.477 e. The molecule has 3 aliphatic rings. The van der Waals surface area contributed by atoms with E-state index in [9.17, 15) is 85.9 Å². The van der Waals surface area contributed by atoms with Gasteiger partial charge in [0.05, 0.1) is 50.7 Å². The highest BCUT2D eigenvalue weighted by Gasteiger charge is 2.60. The third kappa shape index (κ3) is 27.8. The van der Waals surface area contributed by atoms with Gasteiger partial charge in [0.1, 0.15) is 86.0 Å². The van der Waals surface area contributed by atoms with Crippen molar-refractivity contribution in [3.05, 3.63) is 0 Å². The lowest BCUT2D eigenvalue weighted by Gasteiger charge is -2.50. The standard InChI is InChI=1S/C63H118N2O24/c1-4-6-8-10-12-14-16-17-18-19-20-21-22-24-26-28-30-32-34-43(71)59(80)64-41(50(74)42(70)33-31-29-27-25-23-15-13-11-9-7-5-2)40-84-60-54(78)53(77)56(47(38-68)86-60)87-61-55(79)58(52(76)46(37-67)85-61)89-63(62(81)82)35-44(72)49(65-48(73)39-69)57(88-63)51(75)45(36-66)83-3/h41-47,49-58,60-61,66-72,74-79H,4-40H2,1-3H3,(H,64,80)(H,65,73)(H,81,82)/t41-,42+,43+,44-,45+,46+,47+,49+,50-,51+,52-,53+,54+,55+,56+,57+,58-,60+,61-,63-/m0/s1. The average Bonchev–Trinajstić information content (AvgIpc) is 0.850. The summed E-state index contributed by atoms with van der Waals surface area (Å²) < 4.78 is 39.8. The van der Waals surface area contributed by atoms with Crippen LogP contribution in [0.1, 0.15) is 219 Å². The first-order chi connectivity index (χ1) is 42.8. The van der Waals surface area contributed by atoms with Crippen LogP contribution in [0.2, 0.25) is 0 Å². The van der Waals surface area contributed by atoms with Crippen LogP contribution in [0.15, 0.2) is 0 Å². The number of aliphatic hydroxyl groups is 13. The molecule has 16 N–H and O–H groups in total. The van der Waals surface area contributed by atoms with Crippen molar-refractivity contribution in [3.8, 4) is 0 Å². The van der Waals surface area contributed by atoms with Crippen molar-refractivity contribution in [2.24, 2.45) is 0 Å². The monoisotopic (exact) mass is 1290 g/mol. The van der Waals surface area contributed by atoms with E-state index >= 15 is 0 Å². The molecule has 524 valence electrons. The van der Waals surface area contributed by atoms with Crippen LogP contribution in [0, 0.1) is 0 Å². The lowest BCUT2D eigenvalue weighted by atomic mass is 9.88. The predicted octanol–water partition coefficient (Wildman–Crippen LogP) is 2.13. The van der Waals surface area contributed by atoms with Crippen LogP contribution in [0.4, 0.5) is 0 Å². The molecule has 0 aliphatic carbocycles. The summed E-state index contributed by atoms with van der Waals surface area (Å²) in [6.45, 7) is -0.238. The Bertz CT molecular complexity index is 1840. The van der Waals surface area contributed by atoms with E-state index in [4.69, 9.17) is 33.2 Å². The molecule has 26 heteroatoms. The van der Waals surface area contributed by atoms with E-state index < -0.39 is 179 Å². The van der Waals surface area contributed by atoms with Gasteiger partial charge in [-0.25, -0.2) is 4.79 Å². The van der Waals surface area contributed by atoms with Crippen molar-refractivity contribution in [2.45, 2.75) is 341 Å². The van der Waals surface area contributed by atoms with Crippen molar-refractivity contribution < 1.29 is 119 Å². The van der Waals surface area contributed by atoms with Crippen molar-refractivity contribution >= 4 is 17.8 Å². The Labute approximate surface area is 527 Å². The van der Waals surface area contributed by atoms with E-state index in [1.165, 1.54) is 116 Å². The number of methoxy groups -OCH3 is 1. The molecule has 0 aromatic heterocycles. The molecule has 0 bridgehead atoms. The summed E-state index contributed by atoms with van der Waals surface area (Å²) in [6, 6.07) is -3.07. The van der Waals surface area contributed by atoms with Gasteiger partial charge in [-0.2, -0.15) is 0 Å². The Morgan fingerprint density at radius 3 is 1.51 bits per heavy atom. The molecule has 3 rings (SSSR count). The predicted molar refractivity (Wildman–Crippen MR) is 324 cm³/mol. The molecule has 20 atom stereocenters. The van der Waals surface area contributed by atoms with Crippen LogP contribution in [-0.4, -0.2) is 251 Å². The second-order valence-corrected chi connectivity index (χ2v) is 24.9. The molecular weight excluding hydrogens is 1170 g/mol. The first kappa shape index (κ1) is 80.8. The molecule has 0 aromatic carbocycles. The van der Waals surface area contributed by atoms with Gasteiger partial charge in [-0.15, -0.1) is 0 Å². The molecule has 26 nitrogen and oxygen atoms in total. The highest BCUT2D eigenvalue weighted by molar-refractivity contribution is 5.80. The molecule has 0 unspecified atom stereocenters. The number of carboxylic acid groups (broad SMARTS) is 1. The molecule has 3 fully saturated rings. The lowest BCUT2D eigenvalue weighted by Crippen LogP contribution is -2.71. The number of nitrogens with one attached hydrogen (secondary N) is 2. The normalized spacial score (nSPS) is 29.5. The average molecular weight is 1290 g/mol. The van der Waals surface area contributed by atoms with E-state index in [-0.39, 0.29) is 12.8 Å². The Morgan fingerprint density at radius 2 is 1.06 bits per heavy atom. The lowest BCUT2D eigenvalue weighted by molar-refractivity contribution is -0.386. The topological polar surface area (TPSA) is 423 Å². The smallest absolute Gasteiger partial charge is 0.364 e. The Balaban J connectivity index is 1.67. The van der Waals surface area contributed by atoms with Crippen LogP contribution >= 0.6 is 0 Å². The number of carbonyl (C=O) groups is 3. The molecule has 2 amide bonds. The number of hydrogen-bond acceptors (Lipinski definition) is 23. The summed E-state index contributed by atoms with van der Waals surface area (Å²) in [5.74, 6) is -7.05. The second kappa shape index (κ2) is 45.9. The number of aliphatic hydroxyl groups excluding tert-OH is 13.